The summed E-state index contributed by atoms with van der Waals surface area (Å²) in [7, 11) is 5.08. The topological polar surface area (TPSA) is 60.9 Å². The molecule has 0 bridgehead atoms. The van der Waals surface area contributed by atoms with Crippen LogP contribution >= 0.6 is 0 Å². The van der Waals surface area contributed by atoms with Gasteiger partial charge in [0.25, 0.3) is 5.91 Å². The molecule has 2 heterocycles. The summed E-state index contributed by atoms with van der Waals surface area (Å²) in [5.74, 6) is 0.965. The Labute approximate surface area is 177 Å². The number of carbonyl (C=O) groups excluding carboxylic acids is 1. The number of hydrogen-bond donors (Lipinski definition) is 1. The van der Waals surface area contributed by atoms with Crippen molar-refractivity contribution in [3.63, 3.8) is 0 Å². The molecule has 8 heteroatoms. The Bertz CT molecular complexity index is 882. The van der Waals surface area contributed by atoms with Crippen LogP contribution in [0.25, 0.3) is 0 Å². The van der Waals surface area contributed by atoms with Crippen molar-refractivity contribution >= 4 is 23.1 Å². The molecule has 3 rings (SSSR count). The molecule has 1 fully saturated rings. The van der Waals surface area contributed by atoms with Crippen molar-refractivity contribution in [2.45, 2.75) is 13.3 Å². The van der Waals surface area contributed by atoms with Crippen LogP contribution in [0.4, 0.5) is 21.6 Å². The summed E-state index contributed by atoms with van der Waals surface area (Å²) in [4.78, 5) is 23.3. The highest BCUT2D eigenvalue weighted by molar-refractivity contribution is 6.04. The summed E-state index contributed by atoms with van der Waals surface area (Å²) in [6.45, 7) is 5.54. The lowest BCUT2D eigenvalue weighted by Gasteiger charge is -2.38. The normalized spacial score (nSPS) is 13.9. The minimum Gasteiger partial charge on any atom is -0.495 e. The number of methoxy groups -OCH3 is 1. The van der Waals surface area contributed by atoms with E-state index >= 15 is 0 Å². The number of ether oxygens (including phenoxy) is 1. The van der Waals surface area contributed by atoms with Gasteiger partial charge in [0, 0.05) is 59.1 Å². The molecule has 1 aliphatic heterocycles. The van der Waals surface area contributed by atoms with Crippen LogP contribution in [0.15, 0.2) is 30.5 Å². The van der Waals surface area contributed by atoms with E-state index in [9.17, 15) is 9.18 Å². The summed E-state index contributed by atoms with van der Waals surface area (Å²) in [5.41, 5.74) is 2.13. The van der Waals surface area contributed by atoms with Crippen molar-refractivity contribution in [1.82, 2.24) is 9.88 Å². The highest BCUT2D eigenvalue weighted by Crippen LogP contribution is 2.32. The summed E-state index contributed by atoms with van der Waals surface area (Å²) in [5, 5.41) is 3.35. The number of nitrogens with zero attached hydrogens (tertiary/aromatic N) is 4. The van der Waals surface area contributed by atoms with Crippen molar-refractivity contribution in [2.24, 2.45) is 0 Å². The van der Waals surface area contributed by atoms with E-state index in [2.05, 4.69) is 27.0 Å². The maximum atomic E-state index is 13.8. The third kappa shape index (κ3) is 4.58. The lowest BCUT2D eigenvalue weighted by molar-refractivity contribution is 0.0828. The van der Waals surface area contributed by atoms with Gasteiger partial charge in [0.15, 0.2) is 0 Å². The van der Waals surface area contributed by atoms with Crippen molar-refractivity contribution < 1.29 is 13.9 Å². The van der Waals surface area contributed by atoms with Crippen LogP contribution in [-0.4, -0.2) is 69.7 Å². The Balaban J connectivity index is 1.85. The molecule has 0 atom stereocenters. The van der Waals surface area contributed by atoms with E-state index in [1.807, 2.05) is 6.07 Å². The Kier molecular flexibility index (Phi) is 6.97. The van der Waals surface area contributed by atoms with Gasteiger partial charge in [-0.15, -0.1) is 0 Å². The molecule has 0 aliphatic carbocycles. The molecule has 1 aromatic carbocycles. The molecule has 1 N–H and O–H groups in total. The molecule has 1 aliphatic rings. The number of hydrogen-bond acceptors (Lipinski definition) is 6. The van der Waals surface area contributed by atoms with Gasteiger partial charge < -0.3 is 24.8 Å². The van der Waals surface area contributed by atoms with Crippen LogP contribution in [0.2, 0.25) is 0 Å². The van der Waals surface area contributed by atoms with Gasteiger partial charge in [0.2, 0.25) is 0 Å². The third-order valence-corrected chi connectivity index (χ3v) is 5.18. The lowest BCUT2D eigenvalue weighted by atomic mass is 10.1. The Morgan fingerprint density at radius 3 is 2.53 bits per heavy atom. The number of amides is 1. The summed E-state index contributed by atoms with van der Waals surface area (Å²) in [6, 6.07) is 6.40. The van der Waals surface area contributed by atoms with Gasteiger partial charge in [0.1, 0.15) is 22.9 Å². The van der Waals surface area contributed by atoms with E-state index < -0.39 is 0 Å². The van der Waals surface area contributed by atoms with E-state index in [1.54, 1.807) is 38.4 Å². The number of benzene rings is 1. The zero-order valence-electron chi connectivity index (χ0n) is 18.1. The number of rotatable bonds is 7. The zero-order valence-corrected chi connectivity index (χ0v) is 18.1. The minimum absolute atomic E-state index is 0.0778. The van der Waals surface area contributed by atoms with Crippen LogP contribution in [0.5, 0.6) is 5.75 Å². The Morgan fingerprint density at radius 2 is 1.90 bits per heavy atom. The molecule has 1 saturated heterocycles. The average molecular weight is 416 g/mol. The number of aromatic nitrogens is 1. The highest BCUT2D eigenvalue weighted by Gasteiger charge is 2.27. The monoisotopic (exact) mass is 415 g/mol. The van der Waals surface area contributed by atoms with E-state index in [-0.39, 0.29) is 11.7 Å². The first-order valence-electron chi connectivity index (χ1n) is 10.2. The molecule has 2 aromatic rings. The number of anilines is 3. The predicted octanol–water partition coefficient (Wildman–Crippen LogP) is 3.08. The van der Waals surface area contributed by atoms with E-state index in [0.717, 1.165) is 24.3 Å². The quantitative estimate of drug-likeness (QED) is 0.750. The fourth-order valence-corrected chi connectivity index (χ4v) is 3.60. The molecule has 1 aromatic heterocycles. The standard InChI is InChI=1S/C22H30FN5O2/c1-5-9-24-17-8-10-25-21(20(17)22(29)26(2)3)28-13-11-27(12-14-28)18-15-16(23)6-7-19(18)30-4/h6-8,10,15H,5,9,11-14H2,1-4H3,(H,24,25). The highest BCUT2D eigenvalue weighted by atomic mass is 19.1. The molecular weight excluding hydrogens is 385 g/mol. The Morgan fingerprint density at radius 1 is 1.20 bits per heavy atom. The minimum atomic E-state index is -0.288. The smallest absolute Gasteiger partial charge is 0.259 e. The molecule has 162 valence electrons. The van der Waals surface area contributed by atoms with Crippen LogP contribution < -0.4 is 19.9 Å². The van der Waals surface area contributed by atoms with Gasteiger partial charge in [0.05, 0.1) is 18.5 Å². The molecule has 0 unspecified atom stereocenters. The maximum Gasteiger partial charge on any atom is 0.259 e. The molecule has 7 nitrogen and oxygen atoms in total. The second-order valence-electron chi connectivity index (χ2n) is 7.47. The SMILES string of the molecule is CCCNc1ccnc(N2CCN(c3cc(F)ccc3OC)CC2)c1C(=O)N(C)C. The molecular formula is C22H30FN5O2. The van der Waals surface area contributed by atoms with Gasteiger partial charge >= 0.3 is 0 Å². The van der Waals surface area contributed by atoms with E-state index in [1.165, 1.54) is 12.1 Å². The summed E-state index contributed by atoms with van der Waals surface area (Å²) < 4.78 is 19.2. The number of carbonyl (C=O) groups is 1. The van der Waals surface area contributed by atoms with E-state index in [0.29, 0.717) is 43.3 Å². The molecule has 0 spiro atoms. The van der Waals surface area contributed by atoms with Crippen LogP contribution in [-0.2, 0) is 0 Å². The maximum absolute atomic E-state index is 13.8. The average Bonchev–Trinajstić information content (AvgIpc) is 2.77. The van der Waals surface area contributed by atoms with Crippen molar-refractivity contribution in [3.8, 4) is 5.75 Å². The first kappa shape index (κ1) is 21.7. The second-order valence-corrected chi connectivity index (χ2v) is 7.47. The zero-order chi connectivity index (χ0) is 21.7. The number of piperazine rings is 1. The largest absolute Gasteiger partial charge is 0.495 e. The number of pyridine rings is 1. The lowest BCUT2D eigenvalue weighted by Crippen LogP contribution is -2.47. The number of nitrogens with one attached hydrogen (secondary N) is 1. The predicted molar refractivity (Wildman–Crippen MR) is 118 cm³/mol. The van der Waals surface area contributed by atoms with Gasteiger partial charge in [-0.25, -0.2) is 9.37 Å². The summed E-state index contributed by atoms with van der Waals surface area (Å²) in [6.07, 6.45) is 2.70. The first-order chi connectivity index (χ1) is 14.5. The van der Waals surface area contributed by atoms with Crippen molar-refractivity contribution in [1.29, 1.82) is 0 Å². The van der Waals surface area contributed by atoms with Crippen molar-refractivity contribution in [2.75, 3.05) is 69.0 Å². The van der Waals surface area contributed by atoms with Gasteiger partial charge in [-0.05, 0) is 24.6 Å². The Hall–Kier alpha value is -3.03. The third-order valence-electron chi connectivity index (χ3n) is 5.18. The van der Waals surface area contributed by atoms with Gasteiger partial charge in [-0.3, -0.25) is 4.79 Å². The second kappa shape index (κ2) is 9.65. The van der Waals surface area contributed by atoms with Gasteiger partial charge in [-0.2, -0.15) is 0 Å². The van der Waals surface area contributed by atoms with Crippen LogP contribution in [0, 0.1) is 5.82 Å². The molecule has 0 radical (unpaired) electrons. The van der Waals surface area contributed by atoms with E-state index in [4.69, 9.17) is 4.74 Å². The van der Waals surface area contributed by atoms with Crippen molar-refractivity contribution in [3.05, 3.63) is 41.8 Å². The molecule has 30 heavy (non-hydrogen) atoms. The number of halogens is 1. The fourth-order valence-electron chi connectivity index (χ4n) is 3.60. The fraction of sp³-hybridized carbons (Fsp3) is 0.455. The summed E-state index contributed by atoms with van der Waals surface area (Å²) >= 11 is 0. The molecule has 1 amide bonds. The van der Waals surface area contributed by atoms with Gasteiger partial charge in [-0.1, -0.05) is 6.92 Å². The van der Waals surface area contributed by atoms with Crippen LogP contribution in [0.1, 0.15) is 23.7 Å². The van der Waals surface area contributed by atoms with Crippen LogP contribution in [0.3, 0.4) is 0 Å². The molecule has 0 saturated carbocycles. The first-order valence-corrected chi connectivity index (χ1v) is 10.2.